The molecule has 1 aliphatic rings. The van der Waals surface area contributed by atoms with Crippen molar-refractivity contribution in [2.75, 3.05) is 26.7 Å². The summed E-state index contributed by atoms with van der Waals surface area (Å²) in [6.07, 6.45) is 5.03. The molecule has 1 fully saturated rings. The van der Waals surface area contributed by atoms with Crippen molar-refractivity contribution in [3.8, 4) is 5.69 Å². The van der Waals surface area contributed by atoms with Gasteiger partial charge in [-0.25, -0.2) is 0 Å². The lowest BCUT2D eigenvalue weighted by atomic mass is 9.86. The average molecular weight is 444 g/mol. The molecule has 0 amide bonds. The first-order valence-corrected chi connectivity index (χ1v) is 11.8. The number of fused-ring (bicyclic) bond motifs is 1. The second-order valence-electron chi connectivity index (χ2n) is 9.58. The summed E-state index contributed by atoms with van der Waals surface area (Å²) in [5.41, 5.74) is 7.02. The van der Waals surface area contributed by atoms with Crippen LogP contribution in [0.15, 0.2) is 42.6 Å². The fourth-order valence-corrected chi connectivity index (χ4v) is 5.40. The zero-order valence-corrected chi connectivity index (χ0v) is 20.0. The fraction of sp³-hybridized carbons (Fsp3) is 0.423. The van der Waals surface area contributed by atoms with E-state index in [1.54, 1.807) is 0 Å². The molecule has 0 aliphatic carbocycles. The zero-order valence-electron chi connectivity index (χ0n) is 20.0. The summed E-state index contributed by atoms with van der Waals surface area (Å²) < 4.78 is 1.98. The third-order valence-electron chi connectivity index (χ3n) is 7.12. The predicted molar refractivity (Wildman–Crippen MR) is 132 cm³/mol. The van der Waals surface area contributed by atoms with Crippen LogP contribution in [0.5, 0.6) is 0 Å². The van der Waals surface area contributed by atoms with Gasteiger partial charge in [-0.15, -0.1) is 5.10 Å². The van der Waals surface area contributed by atoms with Crippen molar-refractivity contribution in [1.29, 1.82) is 0 Å². The van der Waals surface area contributed by atoms with Crippen LogP contribution in [-0.2, 0) is 12.0 Å². The smallest absolute Gasteiger partial charge is 0.176 e. The van der Waals surface area contributed by atoms with Crippen LogP contribution in [0.3, 0.4) is 0 Å². The molecule has 0 bridgehead atoms. The number of H-pyrrole nitrogens is 1. The number of aryl methyl sites for hydroxylation is 3. The van der Waals surface area contributed by atoms with E-state index in [0.717, 1.165) is 50.4 Å². The summed E-state index contributed by atoms with van der Waals surface area (Å²) in [5.74, 6) is 0.921. The Kier molecular flexibility index (Phi) is 5.76. The van der Waals surface area contributed by atoms with Crippen LogP contribution < -0.4 is 5.32 Å². The molecule has 0 radical (unpaired) electrons. The van der Waals surface area contributed by atoms with Crippen molar-refractivity contribution in [3.05, 3.63) is 70.7 Å². The molecule has 1 aliphatic heterocycles. The quantitative estimate of drug-likeness (QED) is 0.474. The van der Waals surface area contributed by atoms with Crippen LogP contribution in [0, 0.1) is 20.8 Å². The van der Waals surface area contributed by atoms with Crippen molar-refractivity contribution in [1.82, 2.24) is 35.4 Å². The Morgan fingerprint density at radius 3 is 2.55 bits per heavy atom. The van der Waals surface area contributed by atoms with Gasteiger partial charge < -0.3 is 15.2 Å². The number of hydrogen-bond acceptors (Lipinski definition) is 5. The molecule has 33 heavy (non-hydrogen) atoms. The molecule has 5 rings (SSSR count). The van der Waals surface area contributed by atoms with E-state index < -0.39 is 0 Å². The minimum atomic E-state index is -0.258. The molecule has 0 atom stereocenters. The Morgan fingerprint density at radius 1 is 1.06 bits per heavy atom. The molecule has 0 saturated carbocycles. The predicted octanol–water partition coefficient (Wildman–Crippen LogP) is 3.82. The Bertz CT molecular complexity index is 1240. The monoisotopic (exact) mass is 443 g/mol. The van der Waals surface area contributed by atoms with Gasteiger partial charge in [0.2, 0.25) is 0 Å². The van der Waals surface area contributed by atoms with Crippen molar-refractivity contribution < 1.29 is 0 Å². The molecule has 1 saturated heterocycles. The molecule has 7 nitrogen and oxygen atoms in total. The number of para-hydroxylation sites is 1. The Hall–Kier alpha value is -3.03. The van der Waals surface area contributed by atoms with Crippen molar-refractivity contribution in [2.45, 2.75) is 45.6 Å². The van der Waals surface area contributed by atoms with Crippen LogP contribution in [0.1, 0.15) is 40.9 Å². The van der Waals surface area contributed by atoms with E-state index in [9.17, 15) is 0 Å². The number of tetrazole rings is 1. The summed E-state index contributed by atoms with van der Waals surface area (Å²) in [7, 11) is 2.19. The number of rotatable bonds is 6. The highest BCUT2D eigenvalue weighted by atomic mass is 15.6. The average Bonchev–Trinajstić information content (AvgIpc) is 3.43. The van der Waals surface area contributed by atoms with E-state index in [1.807, 2.05) is 4.68 Å². The van der Waals surface area contributed by atoms with E-state index in [4.69, 9.17) is 0 Å². The number of nitrogens with one attached hydrogen (secondary N) is 2. The number of aromatic nitrogens is 5. The number of benzene rings is 2. The third-order valence-corrected chi connectivity index (χ3v) is 7.12. The van der Waals surface area contributed by atoms with Gasteiger partial charge in [-0.1, -0.05) is 35.9 Å². The maximum absolute atomic E-state index is 4.60. The maximum Gasteiger partial charge on any atom is 0.176 e. The minimum Gasteiger partial charge on any atom is -0.361 e. The highest BCUT2D eigenvalue weighted by Gasteiger charge is 2.40. The normalized spacial score (nSPS) is 16.5. The Balaban J connectivity index is 1.46. The molecule has 0 spiro atoms. The highest BCUT2D eigenvalue weighted by molar-refractivity contribution is 5.83. The fourth-order valence-electron chi connectivity index (χ4n) is 5.40. The lowest BCUT2D eigenvalue weighted by molar-refractivity contribution is 0.147. The van der Waals surface area contributed by atoms with E-state index >= 15 is 0 Å². The summed E-state index contributed by atoms with van der Waals surface area (Å²) in [5, 5.41) is 18.4. The molecule has 2 N–H and O–H groups in total. The summed E-state index contributed by atoms with van der Waals surface area (Å²) in [6, 6.07) is 12.9. The SMILES string of the molecule is Cc1cc(C)c(-n2nnnc2C2(NCCc3c[nH]c4ccccc34)CCN(C)CC2)c(C)c1. The van der Waals surface area contributed by atoms with E-state index in [2.05, 4.69) is 101 Å². The van der Waals surface area contributed by atoms with Gasteiger partial charge in [0.15, 0.2) is 5.82 Å². The molecular formula is C26H33N7. The maximum atomic E-state index is 4.60. The number of hydrogen-bond donors (Lipinski definition) is 2. The van der Waals surface area contributed by atoms with Crippen LogP contribution in [0.4, 0.5) is 0 Å². The molecule has 2 aromatic heterocycles. The molecule has 3 heterocycles. The standard InChI is InChI=1S/C26H33N7/c1-18-15-19(2)24(20(3)16-18)33-25(29-30-31-33)26(10-13-32(4)14-11-26)28-12-9-21-17-27-23-8-6-5-7-22(21)23/h5-8,15-17,27-28H,9-14H2,1-4H3. The van der Waals surface area contributed by atoms with Gasteiger partial charge in [-0.2, -0.15) is 4.68 Å². The topological polar surface area (TPSA) is 74.7 Å². The van der Waals surface area contributed by atoms with Crippen molar-refractivity contribution >= 4 is 10.9 Å². The van der Waals surface area contributed by atoms with E-state index in [1.165, 1.54) is 33.2 Å². The van der Waals surface area contributed by atoms with Gasteiger partial charge in [0.05, 0.1) is 11.2 Å². The molecule has 4 aromatic rings. The third kappa shape index (κ3) is 4.07. The van der Waals surface area contributed by atoms with Crippen LogP contribution in [-0.4, -0.2) is 56.8 Å². The molecule has 2 aromatic carbocycles. The molecule has 7 heteroatoms. The molecule has 172 valence electrons. The largest absolute Gasteiger partial charge is 0.361 e. The first-order valence-electron chi connectivity index (χ1n) is 11.8. The Morgan fingerprint density at radius 2 is 1.79 bits per heavy atom. The van der Waals surface area contributed by atoms with Crippen molar-refractivity contribution in [3.63, 3.8) is 0 Å². The number of aromatic amines is 1. The second-order valence-corrected chi connectivity index (χ2v) is 9.58. The molecule has 0 unspecified atom stereocenters. The van der Waals surface area contributed by atoms with Crippen LogP contribution in [0.2, 0.25) is 0 Å². The van der Waals surface area contributed by atoms with Gasteiger partial charge in [0.1, 0.15) is 0 Å². The van der Waals surface area contributed by atoms with Crippen LogP contribution in [0.25, 0.3) is 16.6 Å². The van der Waals surface area contributed by atoms with Gasteiger partial charge in [-0.3, -0.25) is 0 Å². The Labute approximate surface area is 195 Å². The van der Waals surface area contributed by atoms with Crippen molar-refractivity contribution in [2.24, 2.45) is 0 Å². The van der Waals surface area contributed by atoms with Gasteiger partial charge in [0.25, 0.3) is 0 Å². The van der Waals surface area contributed by atoms with Crippen LogP contribution >= 0.6 is 0 Å². The first kappa shape index (κ1) is 21.8. The van der Waals surface area contributed by atoms with Gasteiger partial charge in [-0.05, 0) is 80.3 Å². The van der Waals surface area contributed by atoms with E-state index in [0.29, 0.717) is 0 Å². The molecular weight excluding hydrogens is 410 g/mol. The lowest BCUT2D eigenvalue weighted by Gasteiger charge is -2.40. The first-order chi connectivity index (χ1) is 16.0. The summed E-state index contributed by atoms with van der Waals surface area (Å²) in [4.78, 5) is 5.78. The number of likely N-dealkylation sites (tertiary alicyclic amines) is 1. The van der Waals surface area contributed by atoms with E-state index in [-0.39, 0.29) is 5.54 Å². The lowest BCUT2D eigenvalue weighted by Crippen LogP contribution is -2.52. The van der Waals surface area contributed by atoms with Gasteiger partial charge >= 0.3 is 0 Å². The van der Waals surface area contributed by atoms with Gasteiger partial charge in [0, 0.05) is 36.7 Å². The second kappa shape index (κ2) is 8.72. The summed E-state index contributed by atoms with van der Waals surface area (Å²) >= 11 is 0. The highest BCUT2D eigenvalue weighted by Crippen LogP contribution is 2.33. The summed E-state index contributed by atoms with van der Waals surface area (Å²) in [6.45, 7) is 9.32. The number of nitrogens with zero attached hydrogens (tertiary/aromatic N) is 5. The minimum absolute atomic E-state index is 0.258. The zero-order chi connectivity index (χ0) is 23.0. The number of piperidine rings is 1.